The summed E-state index contributed by atoms with van der Waals surface area (Å²) >= 11 is 3.52. The predicted molar refractivity (Wildman–Crippen MR) is 82.3 cm³/mol. The van der Waals surface area contributed by atoms with Crippen LogP contribution in [0.1, 0.15) is 13.8 Å². The highest BCUT2D eigenvalue weighted by molar-refractivity contribution is 7.99. The fraction of sp³-hybridized carbons (Fsp3) is 0.462. The lowest BCUT2D eigenvalue weighted by Crippen LogP contribution is -2.25. The Kier molecular flexibility index (Phi) is 4.02. The molecule has 0 aliphatic carbocycles. The van der Waals surface area contributed by atoms with Gasteiger partial charge in [0, 0.05) is 11.3 Å². The molecule has 1 aromatic carbocycles. The lowest BCUT2D eigenvalue weighted by Gasteiger charge is -2.21. The molecule has 0 saturated heterocycles. The number of hydrogen-bond donors (Lipinski definition) is 1. The van der Waals surface area contributed by atoms with E-state index >= 15 is 0 Å². The first-order valence-electron chi connectivity index (χ1n) is 5.78. The Bertz CT molecular complexity index is 537. The van der Waals surface area contributed by atoms with Gasteiger partial charge in [-0.05, 0) is 38.3 Å². The molecule has 0 bridgehead atoms. The minimum Gasteiger partial charge on any atom is -0.497 e. The number of nitrogens with zero attached hydrogens (tertiary/aromatic N) is 1. The average Bonchev–Trinajstić information content (AvgIpc) is 2.78. The van der Waals surface area contributed by atoms with Gasteiger partial charge in [0.15, 0.2) is 5.13 Å². The molecule has 98 valence electrons. The van der Waals surface area contributed by atoms with E-state index in [1.807, 2.05) is 30.0 Å². The second kappa shape index (κ2) is 5.36. The number of aromatic nitrogens is 1. The average molecular weight is 282 g/mol. The van der Waals surface area contributed by atoms with Crippen LogP contribution in [0.5, 0.6) is 5.75 Å². The molecule has 0 atom stereocenters. The largest absolute Gasteiger partial charge is 0.497 e. The van der Waals surface area contributed by atoms with Crippen LogP contribution in [0.2, 0.25) is 0 Å². The van der Waals surface area contributed by atoms with Crippen LogP contribution in [0.3, 0.4) is 0 Å². The molecule has 0 fully saturated rings. The summed E-state index contributed by atoms with van der Waals surface area (Å²) in [6.07, 6.45) is 2.13. The highest BCUT2D eigenvalue weighted by Crippen LogP contribution is 2.30. The van der Waals surface area contributed by atoms with Gasteiger partial charge in [-0.3, -0.25) is 0 Å². The van der Waals surface area contributed by atoms with E-state index in [0.717, 1.165) is 27.6 Å². The Balaban J connectivity index is 2.15. The van der Waals surface area contributed by atoms with Crippen molar-refractivity contribution in [2.24, 2.45) is 0 Å². The van der Waals surface area contributed by atoms with Gasteiger partial charge in [-0.2, -0.15) is 11.8 Å². The van der Waals surface area contributed by atoms with Gasteiger partial charge in [-0.1, -0.05) is 11.3 Å². The lowest BCUT2D eigenvalue weighted by atomic mass is 10.2. The lowest BCUT2D eigenvalue weighted by molar-refractivity contribution is 0.415. The van der Waals surface area contributed by atoms with E-state index in [-0.39, 0.29) is 4.75 Å². The van der Waals surface area contributed by atoms with Crippen molar-refractivity contribution in [1.29, 1.82) is 0 Å². The van der Waals surface area contributed by atoms with E-state index in [2.05, 4.69) is 30.4 Å². The molecule has 2 rings (SSSR count). The Labute approximate surface area is 116 Å². The molecule has 18 heavy (non-hydrogen) atoms. The number of thioether (sulfide) groups is 1. The molecule has 0 spiro atoms. The first-order valence-corrected chi connectivity index (χ1v) is 7.82. The Morgan fingerprint density at radius 1 is 1.44 bits per heavy atom. The minimum atomic E-state index is 0.218. The van der Waals surface area contributed by atoms with Crippen molar-refractivity contribution in [3.8, 4) is 5.75 Å². The SMILES string of the molecule is COc1ccc2nc(NCC(C)(C)SC)sc2c1. The Morgan fingerprint density at radius 3 is 2.89 bits per heavy atom. The van der Waals surface area contributed by atoms with Crippen LogP contribution in [-0.4, -0.2) is 29.6 Å². The first kappa shape index (κ1) is 13.5. The smallest absolute Gasteiger partial charge is 0.183 e. The molecule has 0 aliphatic heterocycles. The molecule has 0 radical (unpaired) electrons. The van der Waals surface area contributed by atoms with Crippen molar-refractivity contribution in [3.63, 3.8) is 0 Å². The molecule has 1 N–H and O–H groups in total. The second-order valence-corrected chi connectivity index (χ2v) is 7.21. The monoisotopic (exact) mass is 282 g/mol. The van der Waals surface area contributed by atoms with Crippen molar-refractivity contribution in [3.05, 3.63) is 18.2 Å². The van der Waals surface area contributed by atoms with Gasteiger partial charge in [0.1, 0.15) is 5.75 Å². The fourth-order valence-electron chi connectivity index (χ4n) is 1.47. The number of anilines is 1. The highest BCUT2D eigenvalue weighted by atomic mass is 32.2. The zero-order chi connectivity index (χ0) is 13.2. The zero-order valence-corrected chi connectivity index (χ0v) is 12.7. The maximum atomic E-state index is 5.22. The van der Waals surface area contributed by atoms with E-state index in [1.54, 1.807) is 18.4 Å². The van der Waals surface area contributed by atoms with Crippen molar-refractivity contribution in [2.45, 2.75) is 18.6 Å². The number of rotatable bonds is 5. The van der Waals surface area contributed by atoms with Crippen LogP contribution in [-0.2, 0) is 0 Å². The fourth-order valence-corrected chi connectivity index (χ4v) is 2.57. The molecule has 1 aromatic heterocycles. The summed E-state index contributed by atoms with van der Waals surface area (Å²) in [5.74, 6) is 0.877. The molecule has 1 heterocycles. The summed E-state index contributed by atoms with van der Waals surface area (Å²) in [5, 5.41) is 4.38. The number of ether oxygens (including phenoxy) is 1. The Morgan fingerprint density at radius 2 is 2.22 bits per heavy atom. The van der Waals surface area contributed by atoms with Crippen LogP contribution in [0.25, 0.3) is 10.2 Å². The molecular formula is C13H18N2OS2. The normalized spacial score (nSPS) is 11.8. The van der Waals surface area contributed by atoms with E-state index in [9.17, 15) is 0 Å². The van der Waals surface area contributed by atoms with Crippen LogP contribution >= 0.6 is 23.1 Å². The summed E-state index contributed by atoms with van der Waals surface area (Å²) in [6.45, 7) is 5.35. The topological polar surface area (TPSA) is 34.1 Å². The van der Waals surface area contributed by atoms with E-state index in [0.29, 0.717) is 0 Å². The number of hydrogen-bond acceptors (Lipinski definition) is 5. The standard InChI is InChI=1S/C13H18N2OS2/c1-13(2,17-4)8-14-12-15-10-6-5-9(16-3)7-11(10)18-12/h5-7H,8H2,1-4H3,(H,14,15). The van der Waals surface area contributed by atoms with Gasteiger partial charge in [0.25, 0.3) is 0 Å². The summed E-state index contributed by atoms with van der Waals surface area (Å²) in [5.41, 5.74) is 1.02. The summed E-state index contributed by atoms with van der Waals surface area (Å²) in [6, 6.07) is 5.96. The van der Waals surface area contributed by atoms with Crippen LogP contribution in [0.4, 0.5) is 5.13 Å². The maximum absolute atomic E-state index is 5.22. The number of fused-ring (bicyclic) bond motifs is 1. The minimum absolute atomic E-state index is 0.218. The van der Waals surface area contributed by atoms with Gasteiger partial charge >= 0.3 is 0 Å². The first-order chi connectivity index (χ1) is 8.54. The van der Waals surface area contributed by atoms with E-state index < -0.39 is 0 Å². The molecule has 3 nitrogen and oxygen atoms in total. The van der Waals surface area contributed by atoms with E-state index in [4.69, 9.17) is 4.74 Å². The molecule has 5 heteroatoms. The highest BCUT2D eigenvalue weighted by Gasteiger charge is 2.16. The quantitative estimate of drug-likeness (QED) is 0.903. The van der Waals surface area contributed by atoms with Crippen molar-refractivity contribution in [2.75, 3.05) is 25.2 Å². The summed E-state index contributed by atoms with van der Waals surface area (Å²) < 4.78 is 6.59. The van der Waals surface area contributed by atoms with Gasteiger partial charge in [0.05, 0.1) is 17.3 Å². The molecule has 0 unspecified atom stereocenters. The van der Waals surface area contributed by atoms with Crippen LogP contribution in [0.15, 0.2) is 18.2 Å². The van der Waals surface area contributed by atoms with Gasteiger partial charge < -0.3 is 10.1 Å². The summed E-state index contributed by atoms with van der Waals surface area (Å²) in [7, 11) is 1.68. The zero-order valence-electron chi connectivity index (χ0n) is 11.1. The number of methoxy groups -OCH3 is 1. The molecule has 0 amide bonds. The van der Waals surface area contributed by atoms with Crippen molar-refractivity contribution in [1.82, 2.24) is 4.98 Å². The van der Waals surface area contributed by atoms with Crippen molar-refractivity contribution >= 4 is 38.4 Å². The molecule has 0 aliphatic rings. The van der Waals surface area contributed by atoms with Gasteiger partial charge in [-0.15, -0.1) is 0 Å². The Hall–Kier alpha value is -0.940. The van der Waals surface area contributed by atoms with Crippen molar-refractivity contribution < 1.29 is 4.74 Å². The second-order valence-electron chi connectivity index (χ2n) is 4.67. The molecule has 2 aromatic rings. The third-order valence-corrected chi connectivity index (χ3v) is 5.04. The number of thiazole rings is 1. The third kappa shape index (κ3) is 3.09. The third-order valence-electron chi connectivity index (χ3n) is 2.81. The molecule has 0 saturated carbocycles. The van der Waals surface area contributed by atoms with Gasteiger partial charge in [0.2, 0.25) is 0 Å². The van der Waals surface area contributed by atoms with Crippen LogP contribution in [0, 0.1) is 0 Å². The van der Waals surface area contributed by atoms with E-state index in [1.165, 1.54) is 0 Å². The summed E-state index contributed by atoms with van der Waals surface area (Å²) in [4.78, 5) is 4.57. The maximum Gasteiger partial charge on any atom is 0.183 e. The van der Waals surface area contributed by atoms with Gasteiger partial charge in [-0.25, -0.2) is 4.98 Å². The number of nitrogens with one attached hydrogen (secondary N) is 1. The van der Waals surface area contributed by atoms with Crippen LogP contribution < -0.4 is 10.1 Å². The predicted octanol–water partition coefficient (Wildman–Crippen LogP) is 3.86. The number of benzene rings is 1. The molecular weight excluding hydrogens is 264 g/mol.